The summed E-state index contributed by atoms with van der Waals surface area (Å²) >= 11 is 1.73. The van der Waals surface area contributed by atoms with Crippen molar-refractivity contribution in [1.82, 2.24) is 30.0 Å². The minimum Gasteiger partial charge on any atom is -0.349 e. The zero-order valence-corrected chi connectivity index (χ0v) is 15.5. The van der Waals surface area contributed by atoms with Gasteiger partial charge < -0.3 is 5.32 Å². The summed E-state index contributed by atoms with van der Waals surface area (Å²) in [5, 5.41) is 12.1. The summed E-state index contributed by atoms with van der Waals surface area (Å²) in [7, 11) is 0. The molecule has 1 aliphatic rings. The van der Waals surface area contributed by atoms with Gasteiger partial charge in [0, 0.05) is 34.9 Å². The van der Waals surface area contributed by atoms with Gasteiger partial charge >= 0.3 is 0 Å². The number of benzene rings is 1. The van der Waals surface area contributed by atoms with E-state index in [0.29, 0.717) is 10.8 Å². The van der Waals surface area contributed by atoms with Gasteiger partial charge in [-0.25, -0.2) is 9.97 Å². The van der Waals surface area contributed by atoms with E-state index in [9.17, 15) is 4.79 Å². The number of nitrogens with zero attached hydrogens (tertiary/aromatic N) is 5. The van der Waals surface area contributed by atoms with Crippen molar-refractivity contribution >= 4 is 17.7 Å². The van der Waals surface area contributed by atoms with Crippen molar-refractivity contribution in [2.24, 2.45) is 0 Å². The van der Waals surface area contributed by atoms with Crippen LogP contribution in [0.4, 0.5) is 0 Å². The monoisotopic (exact) mass is 380 g/mol. The lowest BCUT2D eigenvalue weighted by atomic mass is 9.94. The van der Waals surface area contributed by atoms with Gasteiger partial charge in [0.1, 0.15) is 12.7 Å². The first-order valence-electron chi connectivity index (χ1n) is 8.97. The first-order valence-corrected chi connectivity index (χ1v) is 9.85. The Balaban J connectivity index is 1.31. The van der Waals surface area contributed by atoms with Crippen LogP contribution in [0, 0.1) is 0 Å². The average molecular weight is 380 g/mol. The molecule has 1 aliphatic carbocycles. The molecule has 3 aromatic rings. The highest BCUT2D eigenvalue weighted by Crippen LogP contribution is 2.31. The third kappa shape index (κ3) is 4.51. The molecule has 0 spiro atoms. The molecule has 138 valence electrons. The normalized spacial score (nSPS) is 19.6. The molecule has 1 fully saturated rings. The molecular weight excluding hydrogens is 360 g/mol. The number of carbonyl (C=O) groups is 1. The predicted molar refractivity (Wildman–Crippen MR) is 103 cm³/mol. The lowest BCUT2D eigenvalue weighted by molar-refractivity contribution is 0.0928. The number of rotatable bonds is 5. The zero-order valence-electron chi connectivity index (χ0n) is 14.7. The molecular formula is C19H20N6OS. The molecule has 1 amide bonds. The lowest BCUT2D eigenvalue weighted by Crippen LogP contribution is -2.38. The fourth-order valence-electron chi connectivity index (χ4n) is 3.23. The Hall–Kier alpha value is -2.74. The lowest BCUT2D eigenvalue weighted by Gasteiger charge is -2.28. The molecule has 0 aliphatic heterocycles. The quantitative estimate of drug-likeness (QED) is 0.685. The van der Waals surface area contributed by atoms with E-state index >= 15 is 0 Å². The van der Waals surface area contributed by atoms with E-state index in [4.69, 9.17) is 0 Å². The number of aromatic nitrogens is 5. The molecule has 1 aromatic carbocycles. The van der Waals surface area contributed by atoms with Crippen LogP contribution >= 0.6 is 11.8 Å². The van der Waals surface area contributed by atoms with Gasteiger partial charge in [-0.15, -0.1) is 10.2 Å². The van der Waals surface area contributed by atoms with E-state index < -0.39 is 0 Å². The first-order chi connectivity index (χ1) is 13.3. The predicted octanol–water partition coefficient (Wildman–Crippen LogP) is 2.89. The van der Waals surface area contributed by atoms with Crippen LogP contribution in [0.5, 0.6) is 0 Å². The molecule has 0 bridgehead atoms. The summed E-state index contributed by atoms with van der Waals surface area (Å²) in [5.41, 5.74) is 1.52. The maximum atomic E-state index is 12.6. The van der Waals surface area contributed by atoms with Gasteiger partial charge in [-0.2, -0.15) is 0 Å². The SMILES string of the molecule is O=C(NC1CCC(Sc2ncccn2)CC1)c1cccc(-n2cnnc2)c1. The molecule has 8 heteroatoms. The Kier molecular flexibility index (Phi) is 5.43. The van der Waals surface area contributed by atoms with E-state index in [0.717, 1.165) is 36.5 Å². The van der Waals surface area contributed by atoms with Gasteiger partial charge in [0.15, 0.2) is 5.16 Å². The van der Waals surface area contributed by atoms with Gasteiger partial charge in [0.25, 0.3) is 5.91 Å². The summed E-state index contributed by atoms with van der Waals surface area (Å²) in [6.07, 6.45) is 10.8. The molecule has 1 saturated carbocycles. The van der Waals surface area contributed by atoms with Crippen molar-refractivity contribution < 1.29 is 4.79 Å². The molecule has 4 rings (SSSR count). The number of amides is 1. The zero-order chi connectivity index (χ0) is 18.5. The third-order valence-corrected chi connectivity index (χ3v) is 5.88. The van der Waals surface area contributed by atoms with E-state index in [-0.39, 0.29) is 11.9 Å². The van der Waals surface area contributed by atoms with E-state index in [1.165, 1.54) is 0 Å². The van der Waals surface area contributed by atoms with Gasteiger partial charge in [-0.05, 0) is 49.9 Å². The maximum Gasteiger partial charge on any atom is 0.251 e. The highest BCUT2D eigenvalue weighted by Gasteiger charge is 2.24. The van der Waals surface area contributed by atoms with E-state index in [1.807, 2.05) is 30.3 Å². The summed E-state index contributed by atoms with van der Waals surface area (Å²) in [6, 6.07) is 9.52. The highest BCUT2D eigenvalue weighted by atomic mass is 32.2. The second-order valence-corrected chi connectivity index (χ2v) is 7.78. The third-order valence-electron chi connectivity index (χ3n) is 4.65. The minimum absolute atomic E-state index is 0.0348. The van der Waals surface area contributed by atoms with Crippen LogP contribution < -0.4 is 5.32 Å². The molecule has 2 heterocycles. The van der Waals surface area contributed by atoms with Crippen LogP contribution in [0.25, 0.3) is 5.69 Å². The van der Waals surface area contributed by atoms with Crippen LogP contribution in [0.2, 0.25) is 0 Å². The van der Waals surface area contributed by atoms with Crippen molar-refractivity contribution in [3.8, 4) is 5.69 Å². The van der Waals surface area contributed by atoms with Gasteiger partial charge in [0.2, 0.25) is 0 Å². The smallest absolute Gasteiger partial charge is 0.251 e. The molecule has 0 unspecified atom stereocenters. The van der Waals surface area contributed by atoms with E-state index in [1.54, 1.807) is 41.4 Å². The number of hydrogen-bond donors (Lipinski definition) is 1. The van der Waals surface area contributed by atoms with Crippen molar-refractivity contribution in [2.45, 2.75) is 42.1 Å². The number of hydrogen-bond acceptors (Lipinski definition) is 6. The Labute approximate surface area is 161 Å². The first kappa shape index (κ1) is 17.7. The maximum absolute atomic E-state index is 12.6. The fourth-order valence-corrected chi connectivity index (χ4v) is 4.28. The van der Waals surface area contributed by atoms with Crippen LogP contribution in [0.3, 0.4) is 0 Å². The van der Waals surface area contributed by atoms with Crippen molar-refractivity contribution in [3.63, 3.8) is 0 Å². The average Bonchev–Trinajstić information content (AvgIpc) is 3.25. The van der Waals surface area contributed by atoms with Crippen LogP contribution in [-0.4, -0.2) is 41.9 Å². The number of nitrogens with one attached hydrogen (secondary N) is 1. The molecule has 1 N–H and O–H groups in total. The van der Waals surface area contributed by atoms with E-state index in [2.05, 4.69) is 25.5 Å². The second-order valence-electron chi connectivity index (χ2n) is 6.52. The van der Waals surface area contributed by atoms with Gasteiger partial charge in [0.05, 0.1) is 0 Å². The van der Waals surface area contributed by atoms with Crippen molar-refractivity contribution in [3.05, 3.63) is 60.9 Å². The Morgan fingerprint density at radius 3 is 2.52 bits per heavy atom. The summed E-state index contributed by atoms with van der Waals surface area (Å²) in [5.74, 6) is -0.0348. The summed E-state index contributed by atoms with van der Waals surface area (Å²) in [4.78, 5) is 21.2. The number of thioether (sulfide) groups is 1. The Morgan fingerprint density at radius 2 is 1.78 bits per heavy atom. The Bertz CT molecular complexity index is 878. The van der Waals surface area contributed by atoms with Gasteiger partial charge in [-0.1, -0.05) is 17.8 Å². The molecule has 0 saturated heterocycles. The molecule has 2 aromatic heterocycles. The standard InChI is InChI=1S/C19H20N6OS/c26-18(14-3-1-4-16(11-14)25-12-22-23-13-25)24-15-5-7-17(8-6-15)27-19-20-9-2-10-21-19/h1-4,9-13,15,17H,5-8H2,(H,24,26). The minimum atomic E-state index is -0.0348. The topological polar surface area (TPSA) is 85.6 Å². The van der Waals surface area contributed by atoms with Crippen molar-refractivity contribution in [1.29, 1.82) is 0 Å². The Morgan fingerprint density at radius 1 is 1.04 bits per heavy atom. The van der Waals surface area contributed by atoms with Crippen LogP contribution in [0.15, 0.2) is 60.5 Å². The largest absolute Gasteiger partial charge is 0.349 e. The van der Waals surface area contributed by atoms with Crippen molar-refractivity contribution in [2.75, 3.05) is 0 Å². The highest BCUT2D eigenvalue weighted by molar-refractivity contribution is 7.99. The molecule has 27 heavy (non-hydrogen) atoms. The number of carbonyl (C=O) groups excluding carboxylic acids is 1. The molecule has 0 radical (unpaired) electrons. The fraction of sp³-hybridized carbons (Fsp3) is 0.316. The summed E-state index contributed by atoms with van der Waals surface area (Å²) < 4.78 is 1.78. The van der Waals surface area contributed by atoms with Crippen LogP contribution in [0.1, 0.15) is 36.0 Å². The summed E-state index contributed by atoms with van der Waals surface area (Å²) in [6.45, 7) is 0. The van der Waals surface area contributed by atoms with Crippen LogP contribution in [-0.2, 0) is 0 Å². The molecule has 0 atom stereocenters. The second kappa shape index (κ2) is 8.30. The molecule has 7 nitrogen and oxygen atoms in total. The van der Waals surface area contributed by atoms with Gasteiger partial charge in [-0.3, -0.25) is 9.36 Å².